The predicted octanol–water partition coefficient (Wildman–Crippen LogP) is 4.47. The lowest BCUT2D eigenvalue weighted by Crippen LogP contribution is -2.26. The second-order valence-electron chi connectivity index (χ2n) is 7.60. The van der Waals surface area contributed by atoms with Gasteiger partial charge in [0.15, 0.2) is 5.82 Å². The van der Waals surface area contributed by atoms with Gasteiger partial charge in [-0.3, -0.25) is 4.79 Å². The van der Waals surface area contributed by atoms with Crippen LogP contribution in [0.2, 0.25) is 0 Å². The van der Waals surface area contributed by atoms with Crippen molar-refractivity contribution < 1.29 is 13.6 Å². The molecule has 1 N–H and O–H groups in total. The Kier molecular flexibility index (Phi) is 5.94. The predicted molar refractivity (Wildman–Crippen MR) is 112 cm³/mol. The second-order valence-corrected chi connectivity index (χ2v) is 8.77. The maximum atomic E-state index is 14.1. The standard InChI is InChI=1S/C22H24F2N4OS/c1-13-21(14(2)28(27-13)18-10-9-15(23)12-16(18)24)22(29)25-11-5-8-20-26-17-6-3-4-7-19(17)30-20/h9-10,12H,3-8,11H2,1-2H3,(H,25,29). The van der Waals surface area contributed by atoms with Gasteiger partial charge in [0.2, 0.25) is 0 Å². The molecule has 1 amide bonds. The van der Waals surface area contributed by atoms with Crippen LogP contribution in [0.15, 0.2) is 18.2 Å². The van der Waals surface area contributed by atoms with Crippen LogP contribution in [0.1, 0.15) is 56.6 Å². The lowest BCUT2D eigenvalue weighted by Gasteiger charge is -2.07. The molecule has 0 saturated heterocycles. The molecule has 3 aromatic rings. The molecule has 1 aliphatic carbocycles. The van der Waals surface area contributed by atoms with Crippen LogP contribution in [0.5, 0.6) is 0 Å². The number of aryl methyl sites for hydroxylation is 4. The Labute approximate surface area is 178 Å². The molecule has 0 unspecified atom stereocenters. The molecule has 2 aromatic heterocycles. The first-order valence-electron chi connectivity index (χ1n) is 10.2. The van der Waals surface area contributed by atoms with Crippen LogP contribution in [0.25, 0.3) is 5.69 Å². The third-order valence-electron chi connectivity index (χ3n) is 5.40. The summed E-state index contributed by atoms with van der Waals surface area (Å²) in [6.45, 7) is 3.94. The highest BCUT2D eigenvalue weighted by molar-refractivity contribution is 7.11. The van der Waals surface area contributed by atoms with Gasteiger partial charge in [-0.05, 0) is 58.1 Å². The Morgan fingerprint density at radius 2 is 2.03 bits per heavy atom. The minimum Gasteiger partial charge on any atom is -0.352 e. The summed E-state index contributed by atoms with van der Waals surface area (Å²) in [5, 5.41) is 8.36. The molecule has 1 aliphatic rings. The summed E-state index contributed by atoms with van der Waals surface area (Å²) in [4.78, 5) is 18.9. The molecule has 4 rings (SSSR count). The molecule has 158 valence electrons. The molecule has 0 bridgehead atoms. The van der Waals surface area contributed by atoms with E-state index in [2.05, 4.69) is 10.4 Å². The number of hydrogen-bond acceptors (Lipinski definition) is 4. The summed E-state index contributed by atoms with van der Waals surface area (Å²) in [6, 6.07) is 3.30. The summed E-state index contributed by atoms with van der Waals surface area (Å²) in [6.07, 6.45) is 6.34. The van der Waals surface area contributed by atoms with Gasteiger partial charge < -0.3 is 5.32 Å². The van der Waals surface area contributed by atoms with Crippen LogP contribution in [0.3, 0.4) is 0 Å². The highest BCUT2D eigenvalue weighted by Gasteiger charge is 2.21. The maximum Gasteiger partial charge on any atom is 0.255 e. The lowest BCUT2D eigenvalue weighted by molar-refractivity contribution is 0.0952. The first-order valence-corrected chi connectivity index (χ1v) is 11.0. The van der Waals surface area contributed by atoms with Gasteiger partial charge in [-0.1, -0.05) is 0 Å². The van der Waals surface area contributed by atoms with E-state index in [1.807, 2.05) is 0 Å². The van der Waals surface area contributed by atoms with E-state index in [0.717, 1.165) is 36.8 Å². The van der Waals surface area contributed by atoms with Crippen molar-refractivity contribution in [3.8, 4) is 5.69 Å². The van der Waals surface area contributed by atoms with Gasteiger partial charge in [0.25, 0.3) is 5.91 Å². The van der Waals surface area contributed by atoms with E-state index in [9.17, 15) is 13.6 Å². The zero-order valence-electron chi connectivity index (χ0n) is 17.1. The van der Waals surface area contributed by atoms with Crippen LogP contribution >= 0.6 is 11.3 Å². The van der Waals surface area contributed by atoms with Crippen molar-refractivity contribution >= 4 is 17.2 Å². The Morgan fingerprint density at radius 3 is 2.80 bits per heavy atom. The largest absolute Gasteiger partial charge is 0.352 e. The van der Waals surface area contributed by atoms with Crippen LogP contribution < -0.4 is 5.32 Å². The Balaban J connectivity index is 1.39. The minimum absolute atomic E-state index is 0.115. The molecule has 0 spiro atoms. The Bertz CT molecular complexity index is 1070. The van der Waals surface area contributed by atoms with Crippen LogP contribution in [0, 0.1) is 25.5 Å². The number of amides is 1. The quantitative estimate of drug-likeness (QED) is 0.587. The van der Waals surface area contributed by atoms with Gasteiger partial charge in [-0.25, -0.2) is 18.4 Å². The topological polar surface area (TPSA) is 59.8 Å². The monoisotopic (exact) mass is 430 g/mol. The molecule has 0 radical (unpaired) electrons. The highest BCUT2D eigenvalue weighted by atomic mass is 32.1. The van der Waals surface area contributed by atoms with E-state index in [-0.39, 0.29) is 11.6 Å². The fraction of sp³-hybridized carbons (Fsp3) is 0.409. The Morgan fingerprint density at radius 1 is 1.23 bits per heavy atom. The normalized spacial score (nSPS) is 13.3. The summed E-state index contributed by atoms with van der Waals surface area (Å²) in [5.74, 6) is -1.62. The minimum atomic E-state index is -0.723. The van der Waals surface area contributed by atoms with E-state index >= 15 is 0 Å². The average Bonchev–Trinajstić information content (AvgIpc) is 3.25. The number of hydrogen-bond donors (Lipinski definition) is 1. The fourth-order valence-corrected chi connectivity index (χ4v) is 5.10. The number of carbonyl (C=O) groups is 1. The lowest BCUT2D eigenvalue weighted by atomic mass is 10.0. The molecule has 0 fully saturated rings. The van der Waals surface area contributed by atoms with Crippen molar-refractivity contribution in [1.29, 1.82) is 0 Å². The van der Waals surface area contributed by atoms with Gasteiger partial charge in [0.05, 0.1) is 27.7 Å². The van der Waals surface area contributed by atoms with Crippen molar-refractivity contribution in [2.75, 3.05) is 6.54 Å². The van der Waals surface area contributed by atoms with Gasteiger partial charge in [0, 0.05) is 23.9 Å². The number of carbonyl (C=O) groups excluding carboxylic acids is 1. The smallest absolute Gasteiger partial charge is 0.255 e. The van der Waals surface area contributed by atoms with E-state index in [0.29, 0.717) is 23.5 Å². The Hall–Kier alpha value is -2.61. The van der Waals surface area contributed by atoms with Crippen LogP contribution in [-0.4, -0.2) is 27.2 Å². The van der Waals surface area contributed by atoms with Crippen molar-refractivity contribution in [2.45, 2.75) is 52.4 Å². The number of aromatic nitrogens is 3. The third-order valence-corrected chi connectivity index (χ3v) is 6.62. The zero-order valence-corrected chi connectivity index (χ0v) is 17.9. The summed E-state index contributed by atoms with van der Waals surface area (Å²) < 4.78 is 28.7. The second kappa shape index (κ2) is 8.63. The van der Waals surface area contributed by atoms with Crippen molar-refractivity contribution in [2.24, 2.45) is 0 Å². The average molecular weight is 431 g/mol. The van der Waals surface area contributed by atoms with Crippen molar-refractivity contribution in [1.82, 2.24) is 20.1 Å². The molecular formula is C22H24F2N4OS. The summed E-state index contributed by atoms with van der Waals surface area (Å²) in [5.41, 5.74) is 2.81. The van der Waals surface area contributed by atoms with Gasteiger partial charge in [0.1, 0.15) is 11.5 Å². The van der Waals surface area contributed by atoms with E-state index in [4.69, 9.17) is 4.98 Å². The van der Waals surface area contributed by atoms with Gasteiger partial charge in [-0.2, -0.15) is 5.10 Å². The molecule has 0 aliphatic heterocycles. The molecule has 2 heterocycles. The number of fused-ring (bicyclic) bond motifs is 1. The fourth-order valence-electron chi connectivity index (χ4n) is 3.90. The van der Waals surface area contributed by atoms with Crippen molar-refractivity contribution in [3.63, 3.8) is 0 Å². The van der Waals surface area contributed by atoms with Crippen LogP contribution in [0.4, 0.5) is 8.78 Å². The highest BCUT2D eigenvalue weighted by Crippen LogP contribution is 2.27. The van der Waals surface area contributed by atoms with Gasteiger partial charge >= 0.3 is 0 Å². The molecule has 1 aromatic carbocycles. The van der Waals surface area contributed by atoms with E-state index < -0.39 is 11.6 Å². The number of rotatable bonds is 6. The molecule has 0 saturated carbocycles. The summed E-state index contributed by atoms with van der Waals surface area (Å²) in [7, 11) is 0. The van der Waals surface area contributed by atoms with Gasteiger partial charge in [-0.15, -0.1) is 11.3 Å². The van der Waals surface area contributed by atoms with Crippen LogP contribution in [-0.2, 0) is 19.3 Å². The third kappa shape index (κ3) is 4.14. The molecule has 30 heavy (non-hydrogen) atoms. The molecule has 8 heteroatoms. The maximum absolute atomic E-state index is 14.1. The number of thiazole rings is 1. The van der Waals surface area contributed by atoms with E-state index in [1.54, 1.807) is 25.2 Å². The van der Waals surface area contributed by atoms with E-state index in [1.165, 1.54) is 40.2 Å². The zero-order chi connectivity index (χ0) is 21.3. The number of nitrogens with zero attached hydrogens (tertiary/aromatic N) is 3. The molecule has 0 atom stereocenters. The first kappa shape index (κ1) is 20.7. The molecular weight excluding hydrogens is 406 g/mol. The SMILES string of the molecule is Cc1nn(-c2ccc(F)cc2F)c(C)c1C(=O)NCCCc1nc2c(s1)CCCC2. The summed E-state index contributed by atoms with van der Waals surface area (Å²) >= 11 is 1.80. The number of benzene rings is 1. The molecule has 5 nitrogen and oxygen atoms in total. The van der Waals surface area contributed by atoms with Crippen molar-refractivity contribution in [3.05, 3.63) is 62.4 Å². The number of nitrogens with one attached hydrogen (secondary N) is 1. The number of halogens is 2. The first-order chi connectivity index (χ1) is 14.4.